The lowest BCUT2D eigenvalue weighted by molar-refractivity contribution is 0.165. The van der Waals surface area contributed by atoms with Crippen molar-refractivity contribution >= 4 is 5.96 Å². The zero-order valence-corrected chi connectivity index (χ0v) is 16.1. The summed E-state index contributed by atoms with van der Waals surface area (Å²) in [7, 11) is 3.42. The van der Waals surface area contributed by atoms with Crippen molar-refractivity contribution in [2.45, 2.75) is 31.8 Å². The molecule has 0 aliphatic heterocycles. The first-order valence-corrected chi connectivity index (χ1v) is 9.47. The van der Waals surface area contributed by atoms with E-state index >= 15 is 0 Å². The lowest BCUT2D eigenvalue weighted by atomic mass is 10.2. The second-order valence-electron chi connectivity index (χ2n) is 6.81. The standard InChI is InChI=1S/C21H29N3O3/c1-25-15-20(17-7-8-17)24-21(22-12-11-19-4-3-13-27-19)23-14-16-5-9-18(26-2)10-6-16/h3-6,9-10,13,17,20H,7-8,11-12,14-15H2,1-2H3,(H2,22,23,24). The van der Waals surface area contributed by atoms with Gasteiger partial charge in [0.2, 0.25) is 0 Å². The quantitative estimate of drug-likeness (QED) is 0.496. The Morgan fingerprint density at radius 1 is 1.22 bits per heavy atom. The van der Waals surface area contributed by atoms with Gasteiger partial charge in [0.05, 0.1) is 32.6 Å². The van der Waals surface area contributed by atoms with Crippen molar-refractivity contribution in [1.29, 1.82) is 0 Å². The fourth-order valence-electron chi connectivity index (χ4n) is 2.96. The number of aliphatic imine (C=N–C) groups is 1. The number of ether oxygens (including phenoxy) is 2. The van der Waals surface area contributed by atoms with Gasteiger partial charge in [-0.2, -0.15) is 0 Å². The molecule has 1 aromatic carbocycles. The lowest BCUT2D eigenvalue weighted by Crippen LogP contribution is -2.47. The molecule has 27 heavy (non-hydrogen) atoms. The van der Waals surface area contributed by atoms with Crippen LogP contribution < -0.4 is 15.4 Å². The van der Waals surface area contributed by atoms with E-state index in [9.17, 15) is 0 Å². The van der Waals surface area contributed by atoms with Crippen LogP contribution in [0.5, 0.6) is 5.75 Å². The Hall–Kier alpha value is -2.47. The maximum absolute atomic E-state index is 5.40. The number of methoxy groups -OCH3 is 2. The lowest BCUT2D eigenvalue weighted by Gasteiger charge is -2.21. The molecule has 1 atom stereocenters. The van der Waals surface area contributed by atoms with E-state index in [1.165, 1.54) is 12.8 Å². The second-order valence-corrected chi connectivity index (χ2v) is 6.81. The highest BCUT2D eigenvalue weighted by Crippen LogP contribution is 2.32. The van der Waals surface area contributed by atoms with E-state index in [0.29, 0.717) is 25.1 Å². The minimum Gasteiger partial charge on any atom is -0.497 e. The Balaban J connectivity index is 1.60. The van der Waals surface area contributed by atoms with E-state index in [-0.39, 0.29) is 0 Å². The summed E-state index contributed by atoms with van der Waals surface area (Å²) in [6.07, 6.45) is 5.01. The number of benzene rings is 1. The summed E-state index contributed by atoms with van der Waals surface area (Å²) < 4.78 is 16.0. The fraction of sp³-hybridized carbons (Fsp3) is 0.476. The van der Waals surface area contributed by atoms with Crippen LogP contribution in [0.25, 0.3) is 0 Å². The highest BCUT2D eigenvalue weighted by molar-refractivity contribution is 5.80. The van der Waals surface area contributed by atoms with Crippen LogP contribution in [0.3, 0.4) is 0 Å². The molecule has 1 saturated carbocycles. The van der Waals surface area contributed by atoms with Gasteiger partial charge in [0, 0.05) is 20.1 Å². The molecule has 6 nitrogen and oxygen atoms in total. The zero-order chi connectivity index (χ0) is 18.9. The maximum atomic E-state index is 5.40. The molecule has 2 aromatic rings. The molecule has 1 aliphatic carbocycles. The van der Waals surface area contributed by atoms with E-state index < -0.39 is 0 Å². The van der Waals surface area contributed by atoms with Crippen LogP contribution in [0.15, 0.2) is 52.1 Å². The van der Waals surface area contributed by atoms with Gasteiger partial charge < -0.3 is 24.5 Å². The molecule has 1 unspecified atom stereocenters. The highest BCUT2D eigenvalue weighted by Gasteiger charge is 2.31. The SMILES string of the molecule is COCC(NC(=NCc1ccc(OC)cc1)NCCc1ccco1)C1CC1. The number of furan rings is 1. The third-order valence-corrected chi connectivity index (χ3v) is 4.68. The molecule has 2 N–H and O–H groups in total. The monoisotopic (exact) mass is 371 g/mol. The van der Waals surface area contributed by atoms with Gasteiger partial charge in [0.1, 0.15) is 11.5 Å². The van der Waals surface area contributed by atoms with Crippen molar-refractivity contribution in [3.8, 4) is 5.75 Å². The first-order chi connectivity index (χ1) is 13.3. The van der Waals surface area contributed by atoms with Crippen molar-refractivity contribution in [2.24, 2.45) is 10.9 Å². The van der Waals surface area contributed by atoms with Gasteiger partial charge in [0.25, 0.3) is 0 Å². The predicted octanol–water partition coefficient (Wildman–Crippen LogP) is 2.99. The molecule has 1 heterocycles. The summed E-state index contributed by atoms with van der Waals surface area (Å²) in [4.78, 5) is 4.77. The summed E-state index contributed by atoms with van der Waals surface area (Å²) in [5.41, 5.74) is 1.14. The Kier molecular flexibility index (Phi) is 7.16. The maximum Gasteiger partial charge on any atom is 0.191 e. The van der Waals surface area contributed by atoms with Gasteiger partial charge in [-0.1, -0.05) is 12.1 Å². The number of hydrogen-bond donors (Lipinski definition) is 2. The molecule has 1 fully saturated rings. The predicted molar refractivity (Wildman–Crippen MR) is 106 cm³/mol. The van der Waals surface area contributed by atoms with Crippen molar-refractivity contribution in [2.75, 3.05) is 27.4 Å². The molecule has 1 aromatic heterocycles. The molecule has 146 valence electrons. The number of guanidine groups is 1. The van der Waals surface area contributed by atoms with Crippen molar-refractivity contribution in [3.63, 3.8) is 0 Å². The van der Waals surface area contributed by atoms with Gasteiger partial charge in [0.15, 0.2) is 5.96 Å². The fourth-order valence-corrected chi connectivity index (χ4v) is 2.96. The van der Waals surface area contributed by atoms with E-state index in [1.54, 1.807) is 20.5 Å². The van der Waals surface area contributed by atoms with Crippen molar-refractivity contribution in [3.05, 3.63) is 54.0 Å². The van der Waals surface area contributed by atoms with Crippen molar-refractivity contribution in [1.82, 2.24) is 10.6 Å². The number of rotatable bonds is 10. The largest absolute Gasteiger partial charge is 0.497 e. The third-order valence-electron chi connectivity index (χ3n) is 4.68. The average Bonchev–Trinajstić information content (AvgIpc) is 3.42. The Bertz CT molecular complexity index is 694. The minimum absolute atomic E-state index is 0.292. The third kappa shape index (κ3) is 6.32. The molecule has 0 spiro atoms. The average molecular weight is 371 g/mol. The number of nitrogens with one attached hydrogen (secondary N) is 2. The van der Waals surface area contributed by atoms with E-state index in [4.69, 9.17) is 18.9 Å². The number of hydrogen-bond acceptors (Lipinski definition) is 4. The molecular formula is C21H29N3O3. The molecule has 6 heteroatoms. The van der Waals surface area contributed by atoms with Crippen LogP contribution >= 0.6 is 0 Å². The van der Waals surface area contributed by atoms with Gasteiger partial charge in [-0.05, 0) is 48.6 Å². The van der Waals surface area contributed by atoms with Gasteiger partial charge in [-0.15, -0.1) is 0 Å². The van der Waals surface area contributed by atoms with Crippen molar-refractivity contribution < 1.29 is 13.9 Å². The normalized spacial score (nSPS) is 15.4. The van der Waals surface area contributed by atoms with Crippen LogP contribution in [0.4, 0.5) is 0 Å². The van der Waals surface area contributed by atoms with Crippen LogP contribution in [0, 0.1) is 5.92 Å². The summed E-state index contributed by atoms with van der Waals surface area (Å²) in [5.74, 6) is 3.30. The van der Waals surface area contributed by atoms with Gasteiger partial charge in [-0.3, -0.25) is 0 Å². The van der Waals surface area contributed by atoms with Gasteiger partial charge in [-0.25, -0.2) is 4.99 Å². The molecule has 3 rings (SSSR count). The first kappa shape index (κ1) is 19.3. The molecule has 0 amide bonds. The Morgan fingerprint density at radius 2 is 2.04 bits per heavy atom. The van der Waals surface area contributed by atoms with Gasteiger partial charge >= 0.3 is 0 Å². The zero-order valence-electron chi connectivity index (χ0n) is 16.1. The molecule has 1 aliphatic rings. The molecule has 0 radical (unpaired) electrons. The second kappa shape index (κ2) is 10.0. The summed E-state index contributed by atoms with van der Waals surface area (Å²) >= 11 is 0. The minimum atomic E-state index is 0.292. The Morgan fingerprint density at radius 3 is 2.67 bits per heavy atom. The molecule has 0 bridgehead atoms. The van der Waals surface area contributed by atoms with Crippen LogP contribution in [0.2, 0.25) is 0 Å². The summed E-state index contributed by atoms with van der Waals surface area (Å²) in [6, 6.07) is 12.2. The molecule has 0 saturated heterocycles. The summed E-state index contributed by atoms with van der Waals surface area (Å²) in [6.45, 7) is 2.04. The van der Waals surface area contributed by atoms with Crippen LogP contribution in [0.1, 0.15) is 24.2 Å². The topological polar surface area (TPSA) is 68.0 Å². The Labute approximate surface area is 161 Å². The van der Waals surface area contributed by atoms with Crippen LogP contribution in [-0.2, 0) is 17.7 Å². The van der Waals surface area contributed by atoms with Crippen LogP contribution in [-0.4, -0.2) is 39.4 Å². The van der Waals surface area contributed by atoms with E-state index in [1.807, 2.05) is 36.4 Å². The van der Waals surface area contributed by atoms with E-state index in [2.05, 4.69) is 10.6 Å². The smallest absolute Gasteiger partial charge is 0.191 e. The summed E-state index contributed by atoms with van der Waals surface area (Å²) in [5, 5.41) is 6.97. The number of nitrogens with zero attached hydrogens (tertiary/aromatic N) is 1. The molecular weight excluding hydrogens is 342 g/mol. The first-order valence-electron chi connectivity index (χ1n) is 9.47. The van der Waals surface area contributed by atoms with E-state index in [0.717, 1.165) is 36.0 Å². The highest BCUT2D eigenvalue weighted by atomic mass is 16.5.